The Morgan fingerprint density at radius 1 is 1.11 bits per heavy atom. The van der Waals surface area contributed by atoms with Crippen molar-refractivity contribution < 1.29 is 4.79 Å². The van der Waals surface area contributed by atoms with Crippen molar-refractivity contribution in [3.63, 3.8) is 0 Å². The summed E-state index contributed by atoms with van der Waals surface area (Å²) >= 11 is 0. The highest BCUT2D eigenvalue weighted by Crippen LogP contribution is 2.23. The number of hydrogen-bond donors (Lipinski definition) is 2. The first-order chi connectivity index (χ1) is 13.4. The van der Waals surface area contributed by atoms with E-state index in [-0.39, 0.29) is 11.9 Å². The lowest BCUT2D eigenvalue weighted by Crippen LogP contribution is -2.40. The lowest BCUT2D eigenvalue weighted by atomic mass is 9.91. The summed E-state index contributed by atoms with van der Waals surface area (Å²) in [5.74, 6) is 1.47. The molecule has 0 radical (unpaired) electrons. The third-order valence-corrected chi connectivity index (χ3v) is 4.93. The molecule has 1 saturated carbocycles. The molecule has 0 aliphatic heterocycles. The summed E-state index contributed by atoms with van der Waals surface area (Å²) in [6.45, 7) is 1.97. The number of aromatic nitrogens is 2. The molecule has 0 unspecified atom stereocenters. The Morgan fingerprint density at radius 3 is 2.36 bits per heavy atom. The fourth-order valence-corrected chi connectivity index (χ4v) is 3.38. The van der Waals surface area contributed by atoms with Crippen molar-refractivity contribution in [2.45, 2.75) is 44.7 Å². The third-order valence-electron chi connectivity index (χ3n) is 4.93. The number of aryl methyl sites for hydroxylation is 1. The highest BCUT2D eigenvalue weighted by Gasteiger charge is 2.23. The number of carbonyl (C=O) groups excluding carboxylic acids is 1. The summed E-state index contributed by atoms with van der Waals surface area (Å²) < 4.78 is 0. The molecule has 0 atom stereocenters. The van der Waals surface area contributed by atoms with Gasteiger partial charge in [-0.15, -0.1) is 0 Å². The third kappa shape index (κ3) is 4.97. The minimum Gasteiger partial charge on any atom is -0.367 e. The second kappa shape index (κ2) is 8.70. The van der Waals surface area contributed by atoms with Gasteiger partial charge < -0.3 is 15.5 Å². The normalized spacial score (nSPS) is 18.8. The minimum atomic E-state index is -0.0806. The van der Waals surface area contributed by atoms with Crippen LogP contribution in [0.25, 0.3) is 0 Å². The van der Waals surface area contributed by atoms with E-state index < -0.39 is 0 Å². The molecular weight excluding hydrogens is 352 g/mol. The van der Waals surface area contributed by atoms with Gasteiger partial charge in [0.15, 0.2) is 0 Å². The van der Waals surface area contributed by atoms with Gasteiger partial charge in [-0.2, -0.15) is 10.2 Å². The first kappa shape index (κ1) is 19.6. The predicted octanol–water partition coefficient (Wildman–Crippen LogP) is 2.88. The van der Waals surface area contributed by atoms with Crippen LogP contribution in [0.5, 0.6) is 0 Å². The minimum absolute atomic E-state index is 0.0806. The van der Waals surface area contributed by atoms with Crippen molar-refractivity contribution in [2.24, 2.45) is 0 Å². The van der Waals surface area contributed by atoms with E-state index >= 15 is 0 Å². The Labute approximate surface area is 165 Å². The number of rotatable bonds is 5. The largest absolute Gasteiger partial charge is 0.367 e. The maximum atomic E-state index is 12.4. The monoisotopic (exact) mass is 378 g/mol. The number of benzene rings is 1. The molecule has 1 aliphatic carbocycles. The van der Waals surface area contributed by atoms with Crippen molar-refractivity contribution in [1.29, 1.82) is 5.26 Å². The Hall–Kier alpha value is -3.14. The molecule has 1 heterocycles. The molecule has 7 nitrogen and oxygen atoms in total. The van der Waals surface area contributed by atoms with Crippen LogP contribution in [0.4, 0.5) is 11.8 Å². The summed E-state index contributed by atoms with van der Waals surface area (Å²) in [6, 6.07) is 11.3. The Balaban J connectivity index is 1.52. The van der Waals surface area contributed by atoms with Gasteiger partial charge in [-0.25, -0.2) is 4.98 Å². The molecule has 1 aliphatic rings. The van der Waals surface area contributed by atoms with E-state index in [4.69, 9.17) is 5.26 Å². The molecule has 2 N–H and O–H groups in total. The fraction of sp³-hybridized carbons (Fsp3) is 0.429. The van der Waals surface area contributed by atoms with Crippen LogP contribution in [-0.2, 0) is 0 Å². The quantitative estimate of drug-likeness (QED) is 0.831. The molecule has 1 fully saturated rings. The van der Waals surface area contributed by atoms with Crippen molar-refractivity contribution in [3.05, 3.63) is 47.2 Å². The lowest BCUT2D eigenvalue weighted by Gasteiger charge is -2.30. The number of nitrogens with zero attached hydrogens (tertiary/aromatic N) is 4. The highest BCUT2D eigenvalue weighted by atomic mass is 16.1. The summed E-state index contributed by atoms with van der Waals surface area (Å²) in [6.07, 6.45) is 3.78. The Kier molecular flexibility index (Phi) is 6.09. The first-order valence-electron chi connectivity index (χ1n) is 9.55. The average Bonchev–Trinajstić information content (AvgIpc) is 2.69. The standard InChI is InChI=1S/C21H26N6O/c1-14-12-19(26-21(23-14)27(2)3)24-17-8-10-18(11-9-17)25-20(28)16-6-4-15(13-22)5-7-16/h4-7,12,17-18H,8-11H2,1-3H3,(H,25,28)(H,23,24,26)/t17-,18+. The van der Waals surface area contributed by atoms with Gasteiger partial charge in [0, 0.05) is 43.5 Å². The van der Waals surface area contributed by atoms with Gasteiger partial charge in [-0.05, 0) is 56.9 Å². The van der Waals surface area contributed by atoms with Gasteiger partial charge in [0.1, 0.15) is 5.82 Å². The second-order valence-electron chi connectivity index (χ2n) is 7.44. The number of hydrogen-bond acceptors (Lipinski definition) is 6. The maximum Gasteiger partial charge on any atom is 0.251 e. The van der Waals surface area contributed by atoms with Crippen LogP contribution in [0.1, 0.15) is 47.3 Å². The first-order valence-corrected chi connectivity index (χ1v) is 9.55. The summed E-state index contributed by atoms with van der Waals surface area (Å²) in [5, 5.41) is 15.5. The molecule has 1 aromatic heterocycles. The van der Waals surface area contributed by atoms with Gasteiger partial charge in [0.25, 0.3) is 5.91 Å². The van der Waals surface area contributed by atoms with E-state index in [0.29, 0.717) is 23.1 Å². The second-order valence-corrected chi connectivity index (χ2v) is 7.44. The molecule has 7 heteroatoms. The van der Waals surface area contributed by atoms with Crippen LogP contribution in [0, 0.1) is 18.3 Å². The van der Waals surface area contributed by atoms with E-state index in [1.807, 2.05) is 32.0 Å². The van der Waals surface area contributed by atoms with Crippen LogP contribution in [-0.4, -0.2) is 42.1 Å². The van der Waals surface area contributed by atoms with Crippen molar-refractivity contribution in [3.8, 4) is 6.07 Å². The average molecular weight is 378 g/mol. The SMILES string of the molecule is Cc1cc(N[C@H]2CC[C@@H](NC(=O)c3ccc(C#N)cc3)CC2)nc(N(C)C)n1. The number of amides is 1. The zero-order chi connectivity index (χ0) is 20.1. The lowest BCUT2D eigenvalue weighted by molar-refractivity contribution is 0.0926. The van der Waals surface area contributed by atoms with Gasteiger partial charge in [-0.3, -0.25) is 4.79 Å². The molecule has 0 saturated heterocycles. The molecule has 28 heavy (non-hydrogen) atoms. The van der Waals surface area contributed by atoms with Gasteiger partial charge in [-0.1, -0.05) is 0 Å². The predicted molar refractivity (Wildman–Crippen MR) is 109 cm³/mol. The maximum absolute atomic E-state index is 12.4. The van der Waals surface area contributed by atoms with Crippen LogP contribution < -0.4 is 15.5 Å². The number of nitrogens with one attached hydrogen (secondary N) is 2. The van der Waals surface area contributed by atoms with Gasteiger partial charge >= 0.3 is 0 Å². The van der Waals surface area contributed by atoms with E-state index in [1.54, 1.807) is 24.3 Å². The summed E-state index contributed by atoms with van der Waals surface area (Å²) in [4.78, 5) is 23.3. The number of carbonyl (C=O) groups is 1. The summed E-state index contributed by atoms with van der Waals surface area (Å²) in [5.41, 5.74) is 2.08. The summed E-state index contributed by atoms with van der Waals surface area (Å²) in [7, 11) is 3.86. The molecule has 1 aromatic carbocycles. The Morgan fingerprint density at radius 2 is 1.75 bits per heavy atom. The molecule has 2 aromatic rings. The van der Waals surface area contributed by atoms with Crippen LogP contribution >= 0.6 is 0 Å². The van der Waals surface area contributed by atoms with Crippen LogP contribution in [0.2, 0.25) is 0 Å². The van der Waals surface area contributed by atoms with Gasteiger partial charge in [0.2, 0.25) is 5.95 Å². The smallest absolute Gasteiger partial charge is 0.251 e. The molecule has 146 valence electrons. The zero-order valence-electron chi connectivity index (χ0n) is 16.6. The molecule has 0 bridgehead atoms. The van der Waals surface area contributed by atoms with E-state index in [1.165, 1.54) is 0 Å². The van der Waals surface area contributed by atoms with E-state index in [0.717, 1.165) is 37.2 Å². The van der Waals surface area contributed by atoms with Crippen molar-refractivity contribution in [2.75, 3.05) is 24.3 Å². The molecular formula is C21H26N6O. The van der Waals surface area contributed by atoms with Crippen LogP contribution in [0.3, 0.4) is 0 Å². The fourth-order valence-electron chi connectivity index (χ4n) is 3.38. The number of nitriles is 1. The highest BCUT2D eigenvalue weighted by molar-refractivity contribution is 5.94. The van der Waals surface area contributed by atoms with Crippen molar-refractivity contribution in [1.82, 2.24) is 15.3 Å². The van der Waals surface area contributed by atoms with Crippen molar-refractivity contribution >= 4 is 17.7 Å². The zero-order valence-corrected chi connectivity index (χ0v) is 16.6. The number of anilines is 2. The van der Waals surface area contributed by atoms with Crippen LogP contribution in [0.15, 0.2) is 30.3 Å². The van der Waals surface area contributed by atoms with Gasteiger partial charge in [0.05, 0.1) is 11.6 Å². The van der Waals surface area contributed by atoms with E-state index in [9.17, 15) is 4.79 Å². The molecule has 3 rings (SSSR count). The topological polar surface area (TPSA) is 93.9 Å². The molecule has 1 amide bonds. The van der Waals surface area contributed by atoms with E-state index in [2.05, 4.69) is 26.7 Å². The molecule has 0 spiro atoms. The Bertz CT molecular complexity index is 863.